The van der Waals surface area contributed by atoms with E-state index in [1.165, 1.54) is 17.8 Å². The van der Waals surface area contributed by atoms with Crippen LogP contribution in [-0.2, 0) is 11.2 Å². The van der Waals surface area contributed by atoms with Crippen LogP contribution >= 0.6 is 11.3 Å². The van der Waals surface area contributed by atoms with E-state index >= 15 is 0 Å². The summed E-state index contributed by atoms with van der Waals surface area (Å²) in [5, 5.41) is 4.43. The third kappa shape index (κ3) is 2.66. The van der Waals surface area contributed by atoms with Crippen LogP contribution in [0.15, 0.2) is 0 Å². The average molecular weight is 254 g/mol. The summed E-state index contributed by atoms with van der Waals surface area (Å²) in [5.74, 6) is -0.230. The van der Waals surface area contributed by atoms with Crippen LogP contribution in [-0.4, -0.2) is 24.1 Å². The van der Waals surface area contributed by atoms with Gasteiger partial charge in [-0.3, -0.25) is 0 Å². The summed E-state index contributed by atoms with van der Waals surface area (Å²) >= 11 is 1.48. The van der Waals surface area contributed by atoms with Crippen molar-refractivity contribution in [3.05, 3.63) is 15.6 Å². The lowest BCUT2D eigenvalue weighted by Crippen LogP contribution is -2.12. The zero-order valence-electron chi connectivity index (χ0n) is 10.3. The molecule has 1 saturated heterocycles. The average Bonchev–Trinajstić information content (AvgIpc) is 2.97. The van der Waals surface area contributed by atoms with Crippen LogP contribution in [0.2, 0.25) is 0 Å². The minimum absolute atomic E-state index is 0.230. The molecule has 5 heteroatoms. The van der Waals surface area contributed by atoms with E-state index in [2.05, 4.69) is 10.3 Å². The molecule has 0 bridgehead atoms. The number of ether oxygens (including phenoxy) is 1. The van der Waals surface area contributed by atoms with Gasteiger partial charge in [-0.1, -0.05) is 6.92 Å². The summed E-state index contributed by atoms with van der Waals surface area (Å²) in [6, 6.07) is 0.327. The molecular formula is C12H18N2O2S. The Bertz CT molecular complexity index is 397. The first-order chi connectivity index (χ1) is 8.26. The highest BCUT2D eigenvalue weighted by atomic mass is 32.1. The Labute approximate surface area is 105 Å². The summed E-state index contributed by atoms with van der Waals surface area (Å²) in [6.45, 7) is 5.30. The van der Waals surface area contributed by atoms with Crippen molar-refractivity contribution in [3.8, 4) is 0 Å². The molecule has 0 saturated carbocycles. The molecule has 4 nitrogen and oxygen atoms in total. The van der Waals surface area contributed by atoms with E-state index in [1.807, 2.05) is 13.8 Å². The van der Waals surface area contributed by atoms with Gasteiger partial charge in [-0.15, -0.1) is 11.3 Å². The number of nitrogens with one attached hydrogen (secondary N) is 1. The molecule has 94 valence electrons. The normalized spacial score (nSPS) is 19.5. The van der Waals surface area contributed by atoms with Gasteiger partial charge >= 0.3 is 5.97 Å². The summed E-state index contributed by atoms with van der Waals surface area (Å²) in [4.78, 5) is 17.0. The highest BCUT2D eigenvalue weighted by molar-refractivity contribution is 7.13. The molecule has 1 aliphatic rings. The van der Waals surface area contributed by atoms with Gasteiger partial charge < -0.3 is 10.1 Å². The van der Waals surface area contributed by atoms with Gasteiger partial charge in [-0.2, -0.15) is 0 Å². The summed E-state index contributed by atoms with van der Waals surface area (Å²) < 4.78 is 5.06. The minimum atomic E-state index is -0.230. The van der Waals surface area contributed by atoms with Crippen LogP contribution in [0.3, 0.4) is 0 Å². The second kappa shape index (κ2) is 5.60. The molecule has 0 aliphatic carbocycles. The van der Waals surface area contributed by atoms with Crippen molar-refractivity contribution in [1.82, 2.24) is 10.3 Å². The first kappa shape index (κ1) is 12.5. The van der Waals surface area contributed by atoms with E-state index < -0.39 is 0 Å². The molecule has 1 fully saturated rings. The molecule has 2 rings (SSSR count). The van der Waals surface area contributed by atoms with Crippen LogP contribution in [0, 0.1) is 0 Å². The Morgan fingerprint density at radius 1 is 1.59 bits per heavy atom. The molecule has 0 spiro atoms. The summed E-state index contributed by atoms with van der Waals surface area (Å²) in [7, 11) is 0. The molecule has 1 aromatic heterocycles. The second-order valence-corrected chi connectivity index (χ2v) is 5.08. The molecule has 17 heavy (non-hydrogen) atoms. The Hall–Kier alpha value is -0.940. The van der Waals surface area contributed by atoms with Gasteiger partial charge in [0.2, 0.25) is 0 Å². The van der Waals surface area contributed by atoms with Gasteiger partial charge in [0.25, 0.3) is 0 Å². The van der Waals surface area contributed by atoms with E-state index in [4.69, 9.17) is 4.74 Å². The van der Waals surface area contributed by atoms with Gasteiger partial charge in [0.1, 0.15) is 9.88 Å². The van der Waals surface area contributed by atoms with Crippen LogP contribution in [0.4, 0.5) is 0 Å². The lowest BCUT2D eigenvalue weighted by molar-refractivity contribution is 0.0530. The fourth-order valence-electron chi connectivity index (χ4n) is 2.01. The topological polar surface area (TPSA) is 51.2 Å². The molecular weight excluding hydrogens is 236 g/mol. The number of hydrogen-bond donors (Lipinski definition) is 1. The highest BCUT2D eigenvalue weighted by Crippen LogP contribution is 2.29. The largest absolute Gasteiger partial charge is 0.462 e. The lowest BCUT2D eigenvalue weighted by Gasteiger charge is -2.04. The van der Waals surface area contributed by atoms with Crippen LogP contribution < -0.4 is 5.32 Å². The maximum Gasteiger partial charge on any atom is 0.350 e. The Kier molecular flexibility index (Phi) is 4.12. The van der Waals surface area contributed by atoms with Gasteiger partial charge in [-0.25, -0.2) is 9.78 Å². The number of carbonyl (C=O) groups is 1. The van der Waals surface area contributed by atoms with E-state index in [-0.39, 0.29) is 5.97 Å². The van der Waals surface area contributed by atoms with Crippen molar-refractivity contribution >= 4 is 17.3 Å². The molecule has 1 unspecified atom stereocenters. The van der Waals surface area contributed by atoms with Gasteiger partial charge in [0.05, 0.1) is 18.3 Å². The smallest absolute Gasteiger partial charge is 0.350 e. The van der Waals surface area contributed by atoms with Crippen LogP contribution in [0.25, 0.3) is 0 Å². The van der Waals surface area contributed by atoms with Crippen LogP contribution in [0.1, 0.15) is 53.1 Å². The number of esters is 1. The molecule has 0 amide bonds. The van der Waals surface area contributed by atoms with Gasteiger partial charge in [0.15, 0.2) is 0 Å². The predicted molar refractivity (Wildman–Crippen MR) is 67.4 cm³/mol. The van der Waals surface area contributed by atoms with Crippen molar-refractivity contribution < 1.29 is 9.53 Å². The number of rotatable bonds is 4. The standard InChI is InChI=1S/C12H18N2O2S/c1-3-8-10(12(15)16-4-2)17-11(14-8)9-6-5-7-13-9/h9,13H,3-7H2,1-2H3. The molecule has 1 N–H and O–H groups in total. The number of thiazole rings is 1. The van der Waals surface area contributed by atoms with E-state index in [0.29, 0.717) is 17.5 Å². The first-order valence-corrected chi connectivity index (χ1v) is 6.98. The van der Waals surface area contributed by atoms with Crippen molar-refractivity contribution in [2.24, 2.45) is 0 Å². The summed E-state index contributed by atoms with van der Waals surface area (Å²) in [5.41, 5.74) is 0.872. The summed E-state index contributed by atoms with van der Waals surface area (Å²) in [6.07, 6.45) is 3.07. The monoisotopic (exact) mass is 254 g/mol. The molecule has 0 radical (unpaired) electrons. The molecule has 1 atom stereocenters. The van der Waals surface area contributed by atoms with E-state index in [1.54, 1.807) is 0 Å². The van der Waals surface area contributed by atoms with Crippen molar-refractivity contribution in [2.75, 3.05) is 13.2 Å². The fourth-order valence-corrected chi connectivity index (χ4v) is 3.17. The van der Waals surface area contributed by atoms with Crippen LogP contribution in [0.5, 0.6) is 0 Å². The quantitative estimate of drug-likeness (QED) is 0.838. The zero-order valence-corrected chi connectivity index (χ0v) is 11.1. The third-order valence-electron chi connectivity index (χ3n) is 2.87. The molecule has 2 heterocycles. The van der Waals surface area contributed by atoms with E-state index in [0.717, 1.165) is 30.1 Å². The second-order valence-electron chi connectivity index (χ2n) is 4.05. The molecule has 1 aromatic rings. The minimum Gasteiger partial charge on any atom is -0.462 e. The first-order valence-electron chi connectivity index (χ1n) is 6.16. The number of nitrogens with zero attached hydrogens (tertiary/aromatic N) is 1. The Balaban J connectivity index is 2.22. The number of aromatic nitrogens is 1. The van der Waals surface area contributed by atoms with Crippen molar-refractivity contribution in [2.45, 2.75) is 39.2 Å². The van der Waals surface area contributed by atoms with Crippen molar-refractivity contribution in [1.29, 1.82) is 0 Å². The molecule has 0 aromatic carbocycles. The Morgan fingerprint density at radius 2 is 2.41 bits per heavy atom. The predicted octanol–water partition coefficient (Wildman–Crippen LogP) is 2.31. The highest BCUT2D eigenvalue weighted by Gasteiger charge is 2.24. The maximum atomic E-state index is 11.8. The van der Waals surface area contributed by atoms with E-state index in [9.17, 15) is 4.79 Å². The Morgan fingerprint density at radius 3 is 3.00 bits per heavy atom. The lowest BCUT2D eigenvalue weighted by atomic mass is 10.2. The van der Waals surface area contributed by atoms with Crippen molar-refractivity contribution in [3.63, 3.8) is 0 Å². The number of aryl methyl sites for hydroxylation is 1. The van der Waals surface area contributed by atoms with Gasteiger partial charge in [0, 0.05) is 0 Å². The zero-order chi connectivity index (χ0) is 12.3. The number of carbonyl (C=O) groups excluding carboxylic acids is 1. The third-order valence-corrected chi connectivity index (χ3v) is 4.06. The maximum absolute atomic E-state index is 11.8. The van der Waals surface area contributed by atoms with Gasteiger partial charge in [-0.05, 0) is 32.7 Å². The number of hydrogen-bond acceptors (Lipinski definition) is 5. The molecule has 1 aliphatic heterocycles. The SMILES string of the molecule is CCOC(=O)c1sc(C2CCCN2)nc1CC. The fraction of sp³-hybridized carbons (Fsp3) is 0.667.